The van der Waals surface area contributed by atoms with Crippen LogP contribution in [0.3, 0.4) is 0 Å². The van der Waals surface area contributed by atoms with Gasteiger partial charge in [-0.25, -0.2) is 0 Å². The van der Waals surface area contributed by atoms with Gasteiger partial charge in [0.1, 0.15) is 23.9 Å². The minimum Gasteiger partial charge on any atom is -0.490 e. The molecule has 0 aliphatic rings. The van der Waals surface area contributed by atoms with E-state index in [4.69, 9.17) is 14.2 Å². The van der Waals surface area contributed by atoms with E-state index in [0.29, 0.717) is 30.3 Å². The third kappa shape index (κ3) is 9.63. The van der Waals surface area contributed by atoms with Crippen LogP contribution in [0.15, 0.2) is 66.7 Å². The Morgan fingerprint density at radius 1 is 0.707 bits per heavy atom. The zero-order chi connectivity index (χ0) is 29.1. The molecule has 10 nitrogen and oxygen atoms in total. The molecule has 0 aliphatic carbocycles. The summed E-state index contributed by atoms with van der Waals surface area (Å²) >= 11 is 0. The van der Waals surface area contributed by atoms with E-state index in [1.165, 1.54) is 38.1 Å². The molecule has 0 aliphatic heterocycles. The van der Waals surface area contributed by atoms with Gasteiger partial charge >= 0.3 is 11.9 Å². The zero-order valence-corrected chi connectivity index (χ0v) is 24.2. The summed E-state index contributed by atoms with van der Waals surface area (Å²) in [4.78, 5) is 51.5. The lowest BCUT2D eigenvalue weighted by Gasteiger charge is -2.20. The first-order chi connectivity index (χ1) is 19.2. The highest BCUT2D eigenvalue weighted by molar-refractivity contribution is 6.09. The summed E-state index contributed by atoms with van der Waals surface area (Å²) in [5.41, 5.74) is 0.977. The Kier molecular flexibility index (Phi) is 12.8. The van der Waals surface area contributed by atoms with Crippen molar-refractivity contribution in [2.75, 3.05) is 36.9 Å². The van der Waals surface area contributed by atoms with E-state index in [9.17, 15) is 19.2 Å². The summed E-state index contributed by atoms with van der Waals surface area (Å²) in [6.07, 6.45) is 0. The molecule has 3 rings (SSSR count). The lowest BCUT2D eigenvalue weighted by atomic mass is 10.1. The number of carbonyl (C=O) groups excluding carboxylic acids is 4. The Labute approximate surface area is 245 Å². The van der Waals surface area contributed by atoms with E-state index in [1.54, 1.807) is 42.5 Å². The van der Waals surface area contributed by atoms with Crippen LogP contribution in [0.5, 0.6) is 17.2 Å². The van der Waals surface area contributed by atoms with E-state index in [1.807, 2.05) is 0 Å². The Balaban J connectivity index is 0.00000588. The normalized spacial score (nSPS) is 10.3. The summed E-state index contributed by atoms with van der Waals surface area (Å²) in [5, 5.41) is 5.58. The fourth-order valence-corrected chi connectivity index (χ4v) is 3.84. The van der Waals surface area contributed by atoms with Crippen LogP contribution in [0.4, 0.5) is 11.4 Å². The fraction of sp³-hybridized carbons (Fsp3) is 0.267. The van der Waals surface area contributed by atoms with Crippen molar-refractivity contribution >= 4 is 47.5 Å². The SMILES string of the molecule is CCN(CC)CCOc1ccc(NC(=O)c2ccccc2OC(C)=O)cc1NC(=O)c1ccccc1OC(C)=O.Cl. The number of likely N-dealkylation sites (N-methyl/N-ethyl adjacent to an activating group) is 1. The number of esters is 2. The van der Waals surface area contributed by atoms with Crippen molar-refractivity contribution in [1.29, 1.82) is 0 Å². The number of amides is 2. The lowest BCUT2D eigenvalue weighted by Crippen LogP contribution is -2.28. The van der Waals surface area contributed by atoms with Gasteiger partial charge in [-0.05, 0) is 55.6 Å². The predicted octanol–water partition coefficient (Wildman–Crippen LogP) is 5.18. The number of halogens is 1. The summed E-state index contributed by atoms with van der Waals surface area (Å²) in [7, 11) is 0. The largest absolute Gasteiger partial charge is 0.490 e. The fourth-order valence-electron chi connectivity index (χ4n) is 3.84. The first-order valence-corrected chi connectivity index (χ1v) is 12.9. The number of para-hydroxylation sites is 2. The average Bonchev–Trinajstić information content (AvgIpc) is 2.92. The minimum atomic E-state index is -0.556. The van der Waals surface area contributed by atoms with Gasteiger partial charge in [0.05, 0.1) is 16.8 Å². The molecule has 11 heteroatoms. The highest BCUT2D eigenvalue weighted by Gasteiger charge is 2.18. The van der Waals surface area contributed by atoms with E-state index >= 15 is 0 Å². The van der Waals surface area contributed by atoms with Gasteiger partial charge < -0.3 is 29.7 Å². The van der Waals surface area contributed by atoms with Gasteiger partial charge in [0.2, 0.25) is 0 Å². The van der Waals surface area contributed by atoms with Gasteiger partial charge in [-0.3, -0.25) is 19.2 Å². The minimum absolute atomic E-state index is 0. The van der Waals surface area contributed by atoms with Crippen LogP contribution in [0, 0.1) is 0 Å². The summed E-state index contributed by atoms with van der Waals surface area (Å²) in [6.45, 7) is 9.42. The second-order valence-electron chi connectivity index (χ2n) is 8.67. The molecule has 0 heterocycles. The number of ether oxygens (including phenoxy) is 3. The summed E-state index contributed by atoms with van der Waals surface area (Å²) in [6, 6.07) is 17.6. The van der Waals surface area contributed by atoms with Crippen LogP contribution in [0.25, 0.3) is 0 Å². The molecule has 0 aromatic heterocycles. The van der Waals surface area contributed by atoms with Gasteiger partial charge in [0.15, 0.2) is 0 Å². The van der Waals surface area contributed by atoms with Gasteiger partial charge in [-0.15, -0.1) is 12.4 Å². The maximum absolute atomic E-state index is 13.2. The third-order valence-corrected chi connectivity index (χ3v) is 5.82. The van der Waals surface area contributed by atoms with Gasteiger partial charge in [-0.1, -0.05) is 38.1 Å². The standard InChI is InChI=1S/C30H33N3O7.ClH/c1-5-33(6-2)17-18-38-28-16-15-22(31-29(36)23-11-7-9-13-26(23)39-20(3)34)19-25(28)32-30(37)24-12-8-10-14-27(24)40-21(4)35;/h7-16,19H,5-6,17-18H2,1-4H3,(H,31,36)(H,32,37);1H. The van der Waals surface area contributed by atoms with E-state index < -0.39 is 23.8 Å². The Hall–Kier alpha value is -4.41. The monoisotopic (exact) mass is 583 g/mol. The molecule has 218 valence electrons. The predicted molar refractivity (Wildman–Crippen MR) is 158 cm³/mol. The van der Waals surface area contributed by atoms with Crippen molar-refractivity contribution in [2.24, 2.45) is 0 Å². The molecular formula is C30H34ClN3O7. The zero-order valence-electron chi connectivity index (χ0n) is 23.4. The molecule has 3 aromatic rings. The van der Waals surface area contributed by atoms with Gasteiger partial charge in [0.25, 0.3) is 11.8 Å². The molecule has 0 spiro atoms. The molecule has 0 radical (unpaired) electrons. The Morgan fingerprint density at radius 3 is 1.73 bits per heavy atom. The first kappa shape index (κ1) is 32.8. The van der Waals surface area contributed by atoms with E-state index in [-0.39, 0.29) is 35.0 Å². The molecule has 3 aromatic carbocycles. The van der Waals surface area contributed by atoms with Crippen LogP contribution in [-0.2, 0) is 9.59 Å². The molecule has 0 bridgehead atoms. The summed E-state index contributed by atoms with van der Waals surface area (Å²) < 4.78 is 16.3. The third-order valence-electron chi connectivity index (χ3n) is 5.82. The van der Waals surface area contributed by atoms with Crippen molar-refractivity contribution in [3.8, 4) is 17.2 Å². The number of carbonyl (C=O) groups is 4. The Bertz CT molecular complexity index is 1380. The highest BCUT2D eigenvalue weighted by atomic mass is 35.5. The molecule has 0 saturated carbocycles. The number of benzene rings is 3. The molecule has 0 atom stereocenters. The van der Waals surface area contributed by atoms with Crippen molar-refractivity contribution in [2.45, 2.75) is 27.7 Å². The topological polar surface area (TPSA) is 123 Å². The van der Waals surface area contributed by atoms with Crippen LogP contribution in [0.1, 0.15) is 48.4 Å². The molecule has 0 fully saturated rings. The maximum Gasteiger partial charge on any atom is 0.308 e. The van der Waals surface area contributed by atoms with Crippen molar-refractivity contribution in [3.05, 3.63) is 77.9 Å². The number of nitrogens with zero attached hydrogens (tertiary/aromatic N) is 1. The van der Waals surface area contributed by atoms with E-state index in [0.717, 1.165) is 13.1 Å². The van der Waals surface area contributed by atoms with Crippen LogP contribution in [0.2, 0.25) is 0 Å². The van der Waals surface area contributed by atoms with Crippen LogP contribution in [-0.4, -0.2) is 54.9 Å². The number of hydrogen-bond acceptors (Lipinski definition) is 8. The maximum atomic E-state index is 13.2. The van der Waals surface area contributed by atoms with Crippen molar-refractivity contribution < 1.29 is 33.4 Å². The second-order valence-corrected chi connectivity index (χ2v) is 8.67. The highest BCUT2D eigenvalue weighted by Crippen LogP contribution is 2.31. The Morgan fingerprint density at radius 2 is 1.22 bits per heavy atom. The number of rotatable bonds is 12. The number of hydrogen-bond donors (Lipinski definition) is 2. The molecule has 2 amide bonds. The molecule has 0 saturated heterocycles. The van der Waals surface area contributed by atoms with Crippen LogP contribution < -0.4 is 24.8 Å². The molecule has 2 N–H and O–H groups in total. The molecule has 0 unspecified atom stereocenters. The van der Waals surface area contributed by atoms with Gasteiger partial charge in [0, 0.05) is 26.1 Å². The number of nitrogens with one attached hydrogen (secondary N) is 2. The number of anilines is 2. The van der Waals surface area contributed by atoms with Crippen molar-refractivity contribution in [1.82, 2.24) is 4.90 Å². The first-order valence-electron chi connectivity index (χ1n) is 12.9. The quantitative estimate of drug-likeness (QED) is 0.221. The molecule has 41 heavy (non-hydrogen) atoms. The van der Waals surface area contributed by atoms with E-state index in [2.05, 4.69) is 29.4 Å². The lowest BCUT2D eigenvalue weighted by molar-refractivity contribution is -0.132. The average molecular weight is 584 g/mol. The van der Waals surface area contributed by atoms with Crippen molar-refractivity contribution in [3.63, 3.8) is 0 Å². The van der Waals surface area contributed by atoms with Crippen LogP contribution >= 0.6 is 12.4 Å². The summed E-state index contributed by atoms with van der Waals surface area (Å²) in [5.74, 6) is -1.52. The second kappa shape index (κ2) is 16.0. The van der Waals surface area contributed by atoms with Gasteiger partial charge in [-0.2, -0.15) is 0 Å². The molecular weight excluding hydrogens is 550 g/mol. The smallest absolute Gasteiger partial charge is 0.308 e.